The first kappa shape index (κ1) is 17.0. The van der Waals surface area contributed by atoms with Crippen LogP contribution in [0.1, 0.15) is 23.6 Å². The van der Waals surface area contributed by atoms with Crippen molar-refractivity contribution in [2.24, 2.45) is 0 Å². The Morgan fingerprint density at radius 1 is 1.04 bits per heavy atom. The Balaban J connectivity index is 1.66. The van der Waals surface area contributed by atoms with E-state index in [1.807, 2.05) is 56.3 Å². The van der Waals surface area contributed by atoms with E-state index in [1.165, 1.54) is 5.39 Å². The van der Waals surface area contributed by atoms with Gasteiger partial charge in [-0.3, -0.25) is 4.79 Å². The van der Waals surface area contributed by atoms with Crippen LogP contribution in [0.4, 0.5) is 0 Å². The summed E-state index contributed by atoms with van der Waals surface area (Å²) in [7, 11) is 0. The summed E-state index contributed by atoms with van der Waals surface area (Å²) in [4.78, 5) is 12.4. The molecule has 0 aromatic heterocycles. The van der Waals surface area contributed by atoms with Gasteiger partial charge >= 0.3 is 0 Å². The predicted octanol–water partition coefficient (Wildman–Crippen LogP) is 4.54. The SMILES string of the molecule is Cc1ccc(C)c(O[C@H](C)C(=O)NCc2cccc3ccccc23)c1. The number of fused-ring (bicyclic) bond motifs is 1. The van der Waals surface area contributed by atoms with Gasteiger partial charge in [0.25, 0.3) is 5.91 Å². The highest BCUT2D eigenvalue weighted by atomic mass is 16.5. The largest absolute Gasteiger partial charge is 0.481 e. The number of rotatable bonds is 5. The number of benzene rings is 3. The molecule has 0 aliphatic carbocycles. The molecule has 0 fully saturated rings. The first-order valence-electron chi connectivity index (χ1n) is 8.53. The number of aryl methyl sites for hydroxylation is 2. The summed E-state index contributed by atoms with van der Waals surface area (Å²) in [6, 6.07) is 20.3. The van der Waals surface area contributed by atoms with E-state index >= 15 is 0 Å². The van der Waals surface area contributed by atoms with Crippen molar-refractivity contribution in [2.45, 2.75) is 33.4 Å². The molecule has 0 bridgehead atoms. The van der Waals surface area contributed by atoms with E-state index < -0.39 is 6.10 Å². The number of hydrogen-bond donors (Lipinski definition) is 1. The lowest BCUT2D eigenvalue weighted by Crippen LogP contribution is -2.36. The number of amides is 1. The van der Waals surface area contributed by atoms with Crippen molar-refractivity contribution in [2.75, 3.05) is 0 Å². The molecule has 0 radical (unpaired) electrons. The van der Waals surface area contributed by atoms with Crippen LogP contribution in [-0.4, -0.2) is 12.0 Å². The fraction of sp³-hybridized carbons (Fsp3) is 0.227. The predicted molar refractivity (Wildman–Crippen MR) is 102 cm³/mol. The summed E-state index contributed by atoms with van der Waals surface area (Å²) in [5, 5.41) is 5.32. The van der Waals surface area contributed by atoms with Gasteiger partial charge in [0.05, 0.1) is 0 Å². The lowest BCUT2D eigenvalue weighted by Gasteiger charge is -2.17. The third-order valence-electron chi connectivity index (χ3n) is 4.35. The summed E-state index contributed by atoms with van der Waals surface area (Å²) in [5.74, 6) is 0.640. The first-order valence-corrected chi connectivity index (χ1v) is 8.53. The van der Waals surface area contributed by atoms with Gasteiger partial charge in [-0.05, 0) is 54.3 Å². The summed E-state index contributed by atoms with van der Waals surface area (Å²) in [6.45, 7) is 6.26. The zero-order chi connectivity index (χ0) is 17.8. The third kappa shape index (κ3) is 4.00. The maximum atomic E-state index is 12.4. The minimum atomic E-state index is -0.546. The van der Waals surface area contributed by atoms with Crippen LogP contribution in [0.15, 0.2) is 60.7 Å². The van der Waals surface area contributed by atoms with E-state index in [0.29, 0.717) is 6.54 Å². The molecule has 128 valence electrons. The summed E-state index contributed by atoms with van der Waals surface area (Å²) >= 11 is 0. The van der Waals surface area contributed by atoms with Gasteiger partial charge in [-0.15, -0.1) is 0 Å². The Labute approximate surface area is 148 Å². The monoisotopic (exact) mass is 333 g/mol. The maximum absolute atomic E-state index is 12.4. The van der Waals surface area contributed by atoms with E-state index in [0.717, 1.165) is 27.8 Å². The zero-order valence-corrected chi connectivity index (χ0v) is 14.9. The molecule has 1 N–H and O–H groups in total. The van der Waals surface area contributed by atoms with Gasteiger partial charge in [0.15, 0.2) is 6.10 Å². The molecule has 0 aliphatic heterocycles. The fourth-order valence-corrected chi connectivity index (χ4v) is 2.85. The van der Waals surface area contributed by atoms with Crippen molar-refractivity contribution >= 4 is 16.7 Å². The van der Waals surface area contributed by atoms with E-state index in [1.54, 1.807) is 6.92 Å². The summed E-state index contributed by atoms with van der Waals surface area (Å²) in [5.41, 5.74) is 3.24. The molecule has 1 amide bonds. The Bertz CT molecular complexity index is 896. The van der Waals surface area contributed by atoms with E-state index in [9.17, 15) is 4.79 Å². The standard InChI is InChI=1S/C22H23NO2/c1-15-11-12-16(2)21(13-15)25-17(3)22(24)23-14-19-9-6-8-18-7-4-5-10-20(18)19/h4-13,17H,14H2,1-3H3,(H,23,24)/t17-/m1/s1. The van der Waals surface area contributed by atoms with Crippen LogP contribution in [0, 0.1) is 13.8 Å². The Morgan fingerprint density at radius 3 is 2.64 bits per heavy atom. The molecule has 25 heavy (non-hydrogen) atoms. The van der Waals surface area contributed by atoms with Crippen LogP contribution < -0.4 is 10.1 Å². The second kappa shape index (κ2) is 7.39. The fourth-order valence-electron chi connectivity index (χ4n) is 2.85. The van der Waals surface area contributed by atoms with Crippen molar-refractivity contribution in [1.29, 1.82) is 0 Å². The molecule has 3 aromatic carbocycles. The second-order valence-corrected chi connectivity index (χ2v) is 6.39. The Morgan fingerprint density at radius 2 is 1.80 bits per heavy atom. The highest BCUT2D eigenvalue weighted by molar-refractivity contribution is 5.86. The molecular formula is C22H23NO2. The van der Waals surface area contributed by atoms with Crippen LogP contribution in [0.3, 0.4) is 0 Å². The number of hydrogen-bond acceptors (Lipinski definition) is 2. The summed E-state index contributed by atoms with van der Waals surface area (Å²) < 4.78 is 5.85. The van der Waals surface area contributed by atoms with E-state index in [4.69, 9.17) is 4.74 Å². The minimum Gasteiger partial charge on any atom is -0.481 e. The molecule has 0 saturated carbocycles. The molecule has 0 spiro atoms. The average Bonchev–Trinajstić information content (AvgIpc) is 2.62. The molecule has 3 nitrogen and oxygen atoms in total. The normalized spacial score (nSPS) is 12.0. The van der Waals surface area contributed by atoms with Crippen molar-refractivity contribution in [3.8, 4) is 5.75 Å². The van der Waals surface area contributed by atoms with E-state index in [-0.39, 0.29) is 5.91 Å². The molecule has 1 atom stereocenters. The van der Waals surface area contributed by atoms with Crippen molar-refractivity contribution in [3.63, 3.8) is 0 Å². The molecular weight excluding hydrogens is 310 g/mol. The molecule has 3 rings (SSSR count). The zero-order valence-electron chi connectivity index (χ0n) is 14.9. The van der Waals surface area contributed by atoms with Crippen LogP contribution >= 0.6 is 0 Å². The molecule has 0 unspecified atom stereocenters. The van der Waals surface area contributed by atoms with Crippen LogP contribution in [0.25, 0.3) is 10.8 Å². The number of nitrogens with one attached hydrogen (secondary N) is 1. The average molecular weight is 333 g/mol. The van der Waals surface area contributed by atoms with Gasteiger partial charge in [-0.2, -0.15) is 0 Å². The summed E-state index contributed by atoms with van der Waals surface area (Å²) in [6.07, 6.45) is -0.546. The number of carbonyl (C=O) groups is 1. The van der Waals surface area contributed by atoms with Crippen LogP contribution in [-0.2, 0) is 11.3 Å². The van der Waals surface area contributed by atoms with Gasteiger partial charge in [0.1, 0.15) is 5.75 Å². The molecule has 0 saturated heterocycles. The van der Waals surface area contributed by atoms with E-state index in [2.05, 4.69) is 23.5 Å². The van der Waals surface area contributed by atoms with Gasteiger partial charge in [-0.1, -0.05) is 54.6 Å². The highest BCUT2D eigenvalue weighted by Gasteiger charge is 2.15. The smallest absolute Gasteiger partial charge is 0.261 e. The number of ether oxygens (including phenoxy) is 1. The van der Waals surface area contributed by atoms with Crippen LogP contribution in [0.5, 0.6) is 5.75 Å². The van der Waals surface area contributed by atoms with Crippen molar-refractivity contribution in [1.82, 2.24) is 5.32 Å². The van der Waals surface area contributed by atoms with Gasteiger partial charge < -0.3 is 10.1 Å². The van der Waals surface area contributed by atoms with Gasteiger partial charge in [-0.25, -0.2) is 0 Å². The van der Waals surface area contributed by atoms with Crippen molar-refractivity contribution < 1.29 is 9.53 Å². The molecule has 3 aromatic rings. The van der Waals surface area contributed by atoms with Crippen molar-refractivity contribution in [3.05, 3.63) is 77.4 Å². The quantitative estimate of drug-likeness (QED) is 0.744. The van der Waals surface area contributed by atoms with Gasteiger partial charge in [0, 0.05) is 6.54 Å². The lowest BCUT2D eigenvalue weighted by atomic mass is 10.0. The Kier molecular flexibility index (Phi) is 5.03. The minimum absolute atomic E-state index is 0.117. The first-order chi connectivity index (χ1) is 12.0. The number of carbonyl (C=O) groups excluding carboxylic acids is 1. The highest BCUT2D eigenvalue weighted by Crippen LogP contribution is 2.21. The maximum Gasteiger partial charge on any atom is 0.261 e. The molecule has 0 heterocycles. The lowest BCUT2D eigenvalue weighted by molar-refractivity contribution is -0.127. The van der Waals surface area contributed by atoms with Gasteiger partial charge in [0.2, 0.25) is 0 Å². The Hall–Kier alpha value is -2.81. The third-order valence-corrected chi connectivity index (χ3v) is 4.35. The molecule has 3 heteroatoms. The topological polar surface area (TPSA) is 38.3 Å². The van der Waals surface area contributed by atoms with Crippen LogP contribution in [0.2, 0.25) is 0 Å². The second-order valence-electron chi connectivity index (χ2n) is 6.39. The molecule has 0 aliphatic rings.